The third kappa shape index (κ3) is 5.12. The summed E-state index contributed by atoms with van der Waals surface area (Å²) >= 11 is 0. The molecule has 5 nitrogen and oxygen atoms in total. The molecule has 3 aromatic carbocycles. The molecule has 0 unspecified atom stereocenters. The van der Waals surface area contributed by atoms with Crippen LogP contribution in [0.1, 0.15) is 30.9 Å². The van der Waals surface area contributed by atoms with Gasteiger partial charge in [0.25, 0.3) is 0 Å². The van der Waals surface area contributed by atoms with E-state index in [1.54, 1.807) is 12.1 Å². The summed E-state index contributed by atoms with van der Waals surface area (Å²) in [7, 11) is -3.58. The Balaban J connectivity index is 1.60. The highest BCUT2D eigenvalue weighted by molar-refractivity contribution is 7.89. The third-order valence-electron chi connectivity index (χ3n) is 4.36. The molecule has 0 saturated heterocycles. The molecule has 28 heavy (non-hydrogen) atoms. The molecule has 6 heteroatoms. The highest BCUT2D eigenvalue weighted by atomic mass is 32.2. The quantitative estimate of drug-likeness (QED) is 0.569. The van der Waals surface area contributed by atoms with Crippen LogP contribution in [-0.4, -0.2) is 8.42 Å². The number of nitrogen functional groups attached to an aromatic ring is 1. The maximum absolute atomic E-state index is 12.3. The summed E-state index contributed by atoms with van der Waals surface area (Å²) in [5.41, 5.74) is 8.21. The van der Waals surface area contributed by atoms with E-state index in [0.29, 0.717) is 17.4 Å². The summed E-state index contributed by atoms with van der Waals surface area (Å²) < 4.78 is 33.1. The molecule has 3 aromatic rings. The Kier molecular flexibility index (Phi) is 6.02. The first-order chi connectivity index (χ1) is 13.3. The molecule has 0 aliphatic rings. The second kappa shape index (κ2) is 8.46. The summed E-state index contributed by atoms with van der Waals surface area (Å²) in [5.74, 6) is 1.94. The van der Waals surface area contributed by atoms with Crippen LogP contribution in [0.25, 0.3) is 0 Å². The van der Waals surface area contributed by atoms with Crippen molar-refractivity contribution in [2.75, 3.05) is 5.73 Å². The Hall–Kier alpha value is -2.83. The maximum atomic E-state index is 12.3. The molecule has 146 valence electrons. The summed E-state index contributed by atoms with van der Waals surface area (Å²) in [6, 6.07) is 21.4. The normalized spacial score (nSPS) is 11.5. The third-order valence-corrected chi connectivity index (χ3v) is 5.78. The topological polar surface area (TPSA) is 81.4 Å². The molecule has 0 aliphatic carbocycles. The lowest BCUT2D eigenvalue weighted by Crippen LogP contribution is -2.23. The minimum absolute atomic E-state index is 0.187. The van der Waals surface area contributed by atoms with Crippen LogP contribution in [0.2, 0.25) is 0 Å². The van der Waals surface area contributed by atoms with Crippen molar-refractivity contribution in [1.82, 2.24) is 4.72 Å². The van der Waals surface area contributed by atoms with Gasteiger partial charge in [-0.05, 0) is 65.6 Å². The number of ether oxygens (including phenoxy) is 1. The molecule has 0 saturated carbocycles. The Morgan fingerprint density at radius 3 is 1.93 bits per heavy atom. The van der Waals surface area contributed by atoms with Gasteiger partial charge in [0.05, 0.1) is 4.90 Å². The number of anilines is 1. The van der Waals surface area contributed by atoms with Crippen molar-refractivity contribution in [3.63, 3.8) is 0 Å². The van der Waals surface area contributed by atoms with Gasteiger partial charge in [0, 0.05) is 12.2 Å². The fourth-order valence-electron chi connectivity index (χ4n) is 2.64. The SMILES string of the molecule is CC(C)c1ccc(Oc2ccc(CNS(=O)(=O)c3ccc(N)cc3)cc2)cc1. The number of rotatable bonds is 7. The molecular weight excluding hydrogens is 372 g/mol. The van der Waals surface area contributed by atoms with Crippen molar-refractivity contribution in [2.45, 2.75) is 31.2 Å². The predicted octanol–water partition coefficient (Wildman–Crippen LogP) is 4.66. The average molecular weight is 397 g/mol. The van der Waals surface area contributed by atoms with E-state index in [2.05, 4.69) is 30.7 Å². The first-order valence-electron chi connectivity index (χ1n) is 9.05. The van der Waals surface area contributed by atoms with Gasteiger partial charge >= 0.3 is 0 Å². The van der Waals surface area contributed by atoms with Gasteiger partial charge in [-0.3, -0.25) is 0 Å². The number of nitrogens with two attached hydrogens (primary N) is 1. The molecule has 0 aliphatic heterocycles. The smallest absolute Gasteiger partial charge is 0.240 e. The maximum Gasteiger partial charge on any atom is 0.240 e. The lowest BCUT2D eigenvalue weighted by Gasteiger charge is -2.10. The highest BCUT2D eigenvalue weighted by Crippen LogP contribution is 2.24. The van der Waals surface area contributed by atoms with Crippen LogP contribution >= 0.6 is 0 Å². The number of hydrogen-bond donors (Lipinski definition) is 2. The number of benzene rings is 3. The monoisotopic (exact) mass is 396 g/mol. The van der Waals surface area contributed by atoms with Crippen molar-refractivity contribution in [1.29, 1.82) is 0 Å². The lowest BCUT2D eigenvalue weighted by molar-refractivity contribution is 0.482. The summed E-state index contributed by atoms with van der Waals surface area (Å²) in [5, 5.41) is 0. The number of sulfonamides is 1. The van der Waals surface area contributed by atoms with Crippen molar-refractivity contribution >= 4 is 15.7 Å². The van der Waals surface area contributed by atoms with Crippen molar-refractivity contribution in [3.8, 4) is 11.5 Å². The average Bonchev–Trinajstić information content (AvgIpc) is 2.68. The van der Waals surface area contributed by atoms with E-state index in [0.717, 1.165) is 11.3 Å². The van der Waals surface area contributed by atoms with Crippen LogP contribution in [0.4, 0.5) is 5.69 Å². The van der Waals surface area contributed by atoms with Gasteiger partial charge in [-0.2, -0.15) is 0 Å². The summed E-state index contributed by atoms with van der Waals surface area (Å²) in [6.45, 7) is 4.49. The van der Waals surface area contributed by atoms with E-state index in [1.165, 1.54) is 17.7 Å². The molecule has 0 radical (unpaired) electrons. The van der Waals surface area contributed by atoms with E-state index in [-0.39, 0.29) is 11.4 Å². The second-order valence-corrected chi connectivity index (χ2v) is 8.63. The fraction of sp³-hybridized carbons (Fsp3) is 0.182. The van der Waals surface area contributed by atoms with Crippen LogP contribution in [0.3, 0.4) is 0 Å². The highest BCUT2D eigenvalue weighted by Gasteiger charge is 2.13. The molecule has 0 atom stereocenters. The molecular formula is C22H24N2O3S. The van der Waals surface area contributed by atoms with E-state index < -0.39 is 10.0 Å². The van der Waals surface area contributed by atoms with Crippen LogP contribution in [0.5, 0.6) is 11.5 Å². The van der Waals surface area contributed by atoms with Gasteiger partial charge in [0.15, 0.2) is 0 Å². The van der Waals surface area contributed by atoms with E-state index in [4.69, 9.17) is 10.5 Å². The largest absolute Gasteiger partial charge is 0.457 e. The number of hydrogen-bond acceptors (Lipinski definition) is 4. The molecule has 0 bridgehead atoms. The first-order valence-corrected chi connectivity index (χ1v) is 10.5. The van der Waals surface area contributed by atoms with Crippen molar-refractivity contribution in [2.24, 2.45) is 0 Å². The Bertz CT molecular complexity index is 1010. The minimum atomic E-state index is -3.58. The minimum Gasteiger partial charge on any atom is -0.457 e. The van der Waals surface area contributed by atoms with Crippen molar-refractivity contribution in [3.05, 3.63) is 83.9 Å². The van der Waals surface area contributed by atoms with Gasteiger partial charge in [0.2, 0.25) is 10.0 Å². The van der Waals surface area contributed by atoms with E-state index in [9.17, 15) is 8.42 Å². The summed E-state index contributed by atoms with van der Waals surface area (Å²) in [6.07, 6.45) is 0. The van der Waals surface area contributed by atoms with E-state index in [1.807, 2.05) is 36.4 Å². The molecule has 0 heterocycles. The van der Waals surface area contributed by atoms with Gasteiger partial charge in [0.1, 0.15) is 11.5 Å². The van der Waals surface area contributed by atoms with Crippen LogP contribution < -0.4 is 15.2 Å². The lowest BCUT2D eigenvalue weighted by atomic mass is 10.0. The predicted molar refractivity (Wildman–Crippen MR) is 112 cm³/mol. The molecule has 0 amide bonds. The standard InChI is InChI=1S/C22H24N2O3S/c1-16(2)18-5-11-21(12-6-18)27-20-9-3-17(4-10-20)15-24-28(25,26)22-13-7-19(23)8-14-22/h3-14,16,24H,15,23H2,1-2H3. The Morgan fingerprint density at radius 1 is 0.857 bits per heavy atom. The van der Waals surface area contributed by atoms with Crippen LogP contribution in [0.15, 0.2) is 77.7 Å². The van der Waals surface area contributed by atoms with Crippen molar-refractivity contribution < 1.29 is 13.2 Å². The Labute approximate surface area is 166 Å². The molecule has 3 rings (SSSR count). The fourth-order valence-corrected chi connectivity index (χ4v) is 3.66. The zero-order chi connectivity index (χ0) is 20.1. The van der Waals surface area contributed by atoms with Gasteiger partial charge in [-0.15, -0.1) is 0 Å². The molecule has 0 spiro atoms. The zero-order valence-electron chi connectivity index (χ0n) is 15.9. The molecule has 0 fully saturated rings. The molecule has 3 N–H and O–H groups in total. The van der Waals surface area contributed by atoms with E-state index >= 15 is 0 Å². The van der Waals surface area contributed by atoms with Crippen LogP contribution in [0, 0.1) is 0 Å². The number of nitrogens with one attached hydrogen (secondary N) is 1. The summed E-state index contributed by atoms with van der Waals surface area (Å²) in [4.78, 5) is 0.187. The van der Waals surface area contributed by atoms with Crippen LogP contribution in [-0.2, 0) is 16.6 Å². The zero-order valence-corrected chi connectivity index (χ0v) is 16.7. The van der Waals surface area contributed by atoms with Gasteiger partial charge in [-0.25, -0.2) is 13.1 Å². The Morgan fingerprint density at radius 2 is 1.39 bits per heavy atom. The van der Waals surface area contributed by atoms with Gasteiger partial charge < -0.3 is 10.5 Å². The van der Waals surface area contributed by atoms with Gasteiger partial charge in [-0.1, -0.05) is 38.1 Å². The molecule has 0 aromatic heterocycles. The first kappa shape index (κ1) is 19.9. The second-order valence-electron chi connectivity index (χ2n) is 6.86.